The van der Waals surface area contributed by atoms with E-state index in [1.54, 1.807) is 6.26 Å². The van der Waals surface area contributed by atoms with Crippen LogP contribution in [0.3, 0.4) is 0 Å². The molecule has 3 aromatic rings. The van der Waals surface area contributed by atoms with E-state index < -0.39 is 0 Å². The van der Waals surface area contributed by atoms with Gasteiger partial charge >= 0.3 is 0 Å². The van der Waals surface area contributed by atoms with Gasteiger partial charge in [-0.15, -0.1) is 0 Å². The lowest BCUT2D eigenvalue weighted by molar-refractivity contribution is -0.117. The maximum Gasteiger partial charge on any atom is 0.226 e. The van der Waals surface area contributed by atoms with Crippen LogP contribution in [0, 0.1) is 6.92 Å². The number of furan rings is 1. The van der Waals surface area contributed by atoms with Crippen LogP contribution in [0.2, 0.25) is 0 Å². The zero-order chi connectivity index (χ0) is 21.5. The van der Waals surface area contributed by atoms with Gasteiger partial charge in [0.25, 0.3) is 0 Å². The zero-order valence-corrected chi connectivity index (χ0v) is 18.1. The van der Waals surface area contributed by atoms with Gasteiger partial charge in [0.2, 0.25) is 5.95 Å². The Hall–Kier alpha value is -3.35. The van der Waals surface area contributed by atoms with Gasteiger partial charge in [0.15, 0.2) is 5.78 Å². The van der Waals surface area contributed by atoms with E-state index in [0.29, 0.717) is 24.6 Å². The number of carbonyl (C=O) groups excluding carboxylic acids is 1. The Kier molecular flexibility index (Phi) is 4.88. The second-order valence-corrected chi connectivity index (χ2v) is 8.15. The van der Waals surface area contributed by atoms with Crippen LogP contribution in [0.5, 0.6) is 0 Å². The molecule has 160 valence electrons. The molecule has 0 unspecified atom stereocenters. The SMILES string of the molecule is CCN(CC)c1ccc([C@H]2C3=C(C[C@H](c4ccco4)CC3=O)Nc3nc(C)nn32)cc1. The van der Waals surface area contributed by atoms with Crippen molar-refractivity contribution in [3.8, 4) is 0 Å². The maximum atomic E-state index is 13.4. The molecule has 0 amide bonds. The van der Waals surface area contributed by atoms with E-state index >= 15 is 0 Å². The molecule has 3 heterocycles. The van der Waals surface area contributed by atoms with Crippen molar-refractivity contribution in [3.05, 3.63) is 71.1 Å². The van der Waals surface area contributed by atoms with Gasteiger partial charge in [0.1, 0.15) is 17.6 Å². The number of anilines is 2. The van der Waals surface area contributed by atoms with Crippen LogP contribution in [0.15, 0.2) is 58.3 Å². The topological polar surface area (TPSA) is 76.2 Å². The molecule has 7 heteroatoms. The van der Waals surface area contributed by atoms with Crippen LogP contribution in [0.25, 0.3) is 0 Å². The molecule has 2 aromatic heterocycles. The minimum absolute atomic E-state index is 0.0370. The molecule has 2 atom stereocenters. The minimum atomic E-state index is -0.275. The quantitative estimate of drug-likeness (QED) is 0.661. The first-order valence-electron chi connectivity index (χ1n) is 10.9. The number of ketones is 1. The molecule has 0 radical (unpaired) electrons. The number of Topliss-reactive ketones (excluding diaryl/α,β-unsaturated/α-hetero) is 1. The van der Waals surface area contributed by atoms with Crippen LogP contribution in [-0.2, 0) is 4.79 Å². The minimum Gasteiger partial charge on any atom is -0.469 e. The van der Waals surface area contributed by atoms with E-state index in [2.05, 4.69) is 58.4 Å². The fourth-order valence-electron chi connectivity index (χ4n) is 4.81. The molecule has 0 spiro atoms. The number of hydrogen-bond donors (Lipinski definition) is 1. The summed E-state index contributed by atoms with van der Waals surface area (Å²) in [4.78, 5) is 20.3. The number of carbonyl (C=O) groups is 1. The van der Waals surface area contributed by atoms with E-state index in [1.165, 1.54) is 5.69 Å². The molecule has 7 nitrogen and oxygen atoms in total. The molecule has 2 aliphatic rings. The summed E-state index contributed by atoms with van der Waals surface area (Å²) in [5.41, 5.74) is 3.94. The predicted molar refractivity (Wildman–Crippen MR) is 119 cm³/mol. The van der Waals surface area contributed by atoms with Gasteiger partial charge < -0.3 is 14.6 Å². The Bertz CT molecular complexity index is 1120. The van der Waals surface area contributed by atoms with Crippen LogP contribution >= 0.6 is 0 Å². The summed E-state index contributed by atoms with van der Waals surface area (Å²) >= 11 is 0. The fourth-order valence-corrected chi connectivity index (χ4v) is 4.81. The largest absolute Gasteiger partial charge is 0.469 e. The average molecular weight is 418 g/mol. The van der Waals surface area contributed by atoms with Crippen LogP contribution in [0.1, 0.15) is 55.8 Å². The standard InChI is InChI=1S/C24H27N5O2/c1-4-28(5-2)18-10-8-16(9-11-18)23-22-19(26-24-25-15(3)27-29(23)24)13-17(14-20(22)30)21-7-6-12-31-21/h6-12,17,23H,4-5,13-14H2,1-3H3,(H,25,26,27)/t17-,23-/m0/s1. The summed E-state index contributed by atoms with van der Waals surface area (Å²) in [5, 5.41) is 8.01. The molecule has 0 fully saturated rings. The lowest BCUT2D eigenvalue weighted by Gasteiger charge is -2.34. The Morgan fingerprint density at radius 3 is 2.61 bits per heavy atom. The van der Waals surface area contributed by atoms with E-state index in [9.17, 15) is 4.79 Å². The van der Waals surface area contributed by atoms with Crippen molar-refractivity contribution in [2.45, 2.75) is 45.6 Å². The van der Waals surface area contributed by atoms with Gasteiger partial charge in [0, 0.05) is 42.4 Å². The summed E-state index contributed by atoms with van der Waals surface area (Å²) in [7, 11) is 0. The zero-order valence-electron chi connectivity index (χ0n) is 18.1. The van der Waals surface area contributed by atoms with Crippen molar-refractivity contribution in [2.75, 3.05) is 23.3 Å². The number of nitrogens with zero attached hydrogens (tertiary/aromatic N) is 4. The highest BCUT2D eigenvalue weighted by atomic mass is 16.3. The summed E-state index contributed by atoms with van der Waals surface area (Å²) in [6.45, 7) is 8.10. The van der Waals surface area contributed by atoms with Crippen LogP contribution in [-0.4, -0.2) is 33.6 Å². The number of allylic oxidation sites excluding steroid dienone is 2. The van der Waals surface area contributed by atoms with Gasteiger partial charge in [-0.05, 0) is 57.0 Å². The number of aromatic nitrogens is 3. The Balaban J connectivity index is 1.57. The van der Waals surface area contributed by atoms with Crippen molar-refractivity contribution in [2.24, 2.45) is 0 Å². The first-order chi connectivity index (χ1) is 15.1. The molecule has 31 heavy (non-hydrogen) atoms. The number of aryl methyl sites for hydroxylation is 1. The average Bonchev–Trinajstić information content (AvgIpc) is 3.43. The summed E-state index contributed by atoms with van der Waals surface area (Å²) in [5.74, 6) is 2.39. The third-order valence-electron chi connectivity index (χ3n) is 6.31. The van der Waals surface area contributed by atoms with E-state index in [4.69, 9.17) is 4.42 Å². The monoisotopic (exact) mass is 417 g/mol. The molecular formula is C24H27N5O2. The van der Waals surface area contributed by atoms with Crippen LogP contribution in [0.4, 0.5) is 11.6 Å². The highest BCUT2D eigenvalue weighted by Crippen LogP contribution is 2.44. The highest BCUT2D eigenvalue weighted by Gasteiger charge is 2.40. The van der Waals surface area contributed by atoms with Crippen LogP contribution < -0.4 is 10.2 Å². The van der Waals surface area contributed by atoms with Crippen molar-refractivity contribution in [3.63, 3.8) is 0 Å². The number of nitrogens with one attached hydrogen (secondary N) is 1. The number of rotatable bonds is 5. The fraction of sp³-hybridized carbons (Fsp3) is 0.375. The second kappa shape index (κ2) is 7.72. The second-order valence-electron chi connectivity index (χ2n) is 8.15. The number of hydrogen-bond acceptors (Lipinski definition) is 6. The van der Waals surface area contributed by atoms with E-state index in [1.807, 2.05) is 23.7 Å². The lowest BCUT2D eigenvalue weighted by atomic mass is 9.79. The molecule has 1 aliphatic heterocycles. The maximum absolute atomic E-state index is 13.4. The van der Waals surface area contributed by atoms with E-state index in [-0.39, 0.29) is 17.7 Å². The Morgan fingerprint density at radius 2 is 1.94 bits per heavy atom. The Morgan fingerprint density at radius 1 is 1.16 bits per heavy atom. The highest BCUT2D eigenvalue weighted by molar-refractivity contribution is 6.00. The molecule has 0 saturated carbocycles. The molecule has 1 N–H and O–H groups in total. The number of fused-ring (bicyclic) bond motifs is 1. The molecular weight excluding hydrogens is 390 g/mol. The molecule has 5 rings (SSSR count). The van der Waals surface area contributed by atoms with Gasteiger partial charge in [0.05, 0.1) is 6.26 Å². The third kappa shape index (κ3) is 3.34. The normalized spacial score (nSPS) is 20.3. The first-order valence-corrected chi connectivity index (χ1v) is 10.9. The summed E-state index contributed by atoms with van der Waals surface area (Å²) < 4.78 is 7.46. The van der Waals surface area contributed by atoms with Gasteiger partial charge in [-0.3, -0.25) is 4.79 Å². The van der Waals surface area contributed by atoms with Gasteiger partial charge in [-0.2, -0.15) is 10.1 Å². The van der Waals surface area contributed by atoms with Gasteiger partial charge in [-0.1, -0.05) is 12.1 Å². The molecule has 0 bridgehead atoms. The van der Waals surface area contributed by atoms with E-state index in [0.717, 1.165) is 35.7 Å². The smallest absolute Gasteiger partial charge is 0.226 e. The van der Waals surface area contributed by atoms with Crippen molar-refractivity contribution < 1.29 is 9.21 Å². The third-order valence-corrected chi connectivity index (χ3v) is 6.31. The summed E-state index contributed by atoms with van der Waals surface area (Å²) in [6, 6.07) is 12.0. The predicted octanol–water partition coefficient (Wildman–Crippen LogP) is 4.44. The molecule has 0 saturated heterocycles. The first kappa shape index (κ1) is 19.6. The van der Waals surface area contributed by atoms with Gasteiger partial charge in [-0.25, -0.2) is 4.68 Å². The van der Waals surface area contributed by atoms with Crippen molar-refractivity contribution in [1.29, 1.82) is 0 Å². The molecule has 1 aliphatic carbocycles. The Labute approximate surface area is 181 Å². The van der Waals surface area contributed by atoms with Crippen molar-refractivity contribution in [1.82, 2.24) is 14.8 Å². The van der Waals surface area contributed by atoms with Crippen molar-refractivity contribution >= 4 is 17.4 Å². The lowest BCUT2D eigenvalue weighted by Crippen LogP contribution is -2.33. The number of benzene rings is 1. The summed E-state index contributed by atoms with van der Waals surface area (Å²) in [6.07, 6.45) is 2.82. The molecule has 1 aromatic carbocycles.